The lowest BCUT2D eigenvalue weighted by Gasteiger charge is -2.28. The van der Waals surface area contributed by atoms with Gasteiger partial charge in [-0.3, -0.25) is 9.69 Å². The monoisotopic (exact) mass is 343 g/mol. The maximum absolute atomic E-state index is 12.4. The molecule has 1 atom stereocenters. The van der Waals surface area contributed by atoms with Crippen molar-refractivity contribution in [3.05, 3.63) is 42.5 Å². The summed E-state index contributed by atoms with van der Waals surface area (Å²) >= 11 is 0. The largest absolute Gasteiger partial charge is 0.508 e. The van der Waals surface area contributed by atoms with Crippen molar-refractivity contribution in [3.63, 3.8) is 0 Å². The lowest BCUT2D eigenvalue weighted by atomic mass is 9.85. The summed E-state index contributed by atoms with van der Waals surface area (Å²) in [5, 5.41) is 9.40. The minimum Gasteiger partial charge on any atom is -0.508 e. The molecule has 138 valence electrons. The van der Waals surface area contributed by atoms with Crippen LogP contribution in [0.15, 0.2) is 36.9 Å². The first kappa shape index (κ1) is 19.7. The number of benzene rings is 1. The molecule has 0 saturated heterocycles. The van der Waals surface area contributed by atoms with Gasteiger partial charge in [0.15, 0.2) is 0 Å². The van der Waals surface area contributed by atoms with E-state index in [4.69, 9.17) is 0 Å². The fraction of sp³-hybridized carbons (Fsp3) is 0.591. The number of phenolic OH excluding ortho intramolecular Hbond substituents is 1. The van der Waals surface area contributed by atoms with Gasteiger partial charge in [0.05, 0.1) is 0 Å². The van der Waals surface area contributed by atoms with Crippen LogP contribution >= 0.6 is 0 Å². The predicted molar refractivity (Wildman–Crippen MR) is 104 cm³/mol. The molecular weight excluding hydrogens is 310 g/mol. The Labute approximate surface area is 152 Å². The fourth-order valence-corrected chi connectivity index (χ4v) is 3.84. The number of hydrogen-bond acceptors (Lipinski definition) is 3. The number of Topliss-reactive ketones (excluding diaryl/α,β-unsaturated/α-hetero) is 1. The highest BCUT2D eigenvalue weighted by Gasteiger charge is 2.21. The van der Waals surface area contributed by atoms with Crippen LogP contribution in [-0.4, -0.2) is 34.9 Å². The first-order valence-electron chi connectivity index (χ1n) is 9.75. The zero-order chi connectivity index (χ0) is 18.1. The van der Waals surface area contributed by atoms with Gasteiger partial charge >= 0.3 is 0 Å². The van der Waals surface area contributed by atoms with Crippen molar-refractivity contribution >= 4 is 5.78 Å². The van der Waals surface area contributed by atoms with Crippen molar-refractivity contribution in [1.82, 2.24) is 4.90 Å². The van der Waals surface area contributed by atoms with Gasteiger partial charge in [0.2, 0.25) is 0 Å². The van der Waals surface area contributed by atoms with E-state index in [2.05, 4.69) is 18.4 Å². The van der Waals surface area contributed by atoms with Crippen LogP contribution in [0.2, 0.25) is 0 Å². The highest BCUT2D eigenvalue weighted by molar-refractivity contribution is 5.81. The summed E-state index contributed by atoms with van der Waals surface area (Å²) in [7, 11) is 0. The lowest BCUT2D eigenvalue weighted by Crippen LogP contribution is -2.36. The van der Waals surface area contributed by atoms with Crippen LogP contribution in [-0.2, 0) is 11.2 Å². The number of nitrogens with zero attached hydrogens (tertiary/aromatic N) is 1. The molecule has 25 heavy (non-hydrogen) atoms. The zero-order valence-corrected chi connectivity index (χ0v) is 15.6. The van der Waals surface area contributed by atoms with Gasteiger partial charge < -0.3 is 5.11 Å². The van der Waals surface area contributed by atoms with E-state index in [1.54, 1.807) is 12.1 Å². The molecule has 0 heterocycles. The van der Waals surface area contributed by atoms with Gasteiger partial charge in [0.1, 0.15) is 11.5 Å². The summed E-state index contributed by atoms with van der Waals surface area (Å²) < 4.78 is 0. The third-order valence-electron chi connectivity index (χ3n) is 5.38. The Kier molecular flexibility index (Phi) is 8.20. The first-order chi connectivity index (χ1) is 12.1. The predicted octanol–water partition coefficient (Wildman–Crippen LogP) is 4.74. The van der Waals surface area contributed by atoms with E-state index in [1.165, 1.54) is 24.8 Å². The molecule has 1 saturated carbocycles. The molecule has 1 aromatic rings. The summed E-state index contributed by atoms with van der Waals surface area (Å²) in [4.78, 5) is 14.8. The van der Waals surface area contributed by atoms with Crippen molar-refractivity contribution in [2.24, 2.45) is 5.92 Å². The van der Waals surface area contributed by atoms with E-state index in [0.29, 0.717) is 29.9 Å². The second-order valence-electron chi connectivity index (χ2n) is 7.41. The average Bonchev–Trinajstić information content (AvgIpc) is 2.63. The molecule has 1 unspecified atom stereocenters. The van der Waals surface area contributed by atoms with Gasteiger partial charge in [-0.15, -0.1) is 6.58 Å². The number of rotatable bonds is 10. The van der Waals surface area contributed by atoms with Crippen LogP contribution < -0.4 is 0 Å². The van der Waals surface area contributed by atoms with Crippen molar-refractivity contribution < 1.29 is 9.90 Å². The minimum atomic E-state index is 0.306. The molecule has 0 aliphatic heterocycles. The molecule has 1 N–H and O–H groups in total. The van der Waals surface area contributed by atoms with Crippen LogP contribution in [0.25, 0.3) is 0 Å². The Morgan fingerprint density at radius 3 is 2.60 bits per heavy atom. The van der Waals surface area contributed by atoms with E-state index in [9.17, 15) is 9.90 Å². The van der Waals surface area contributed by atoms with Gasteiger partial charge in [-0.2, -0.15) is 0 Å². The third-order valence-corrected chi connectivity index (χ3v) is 5.38. The summed E-state index contributed by atoms with van der Waals surface area (Å²) in [6.07, 6.45) is 10.5. The van der Waals surface area contributed by atoms with Crippen LogP contribution in [0.5, 0.6) is 5.75 Å². The van der Waals surface area contributed by atoms with E-state index < -0.39 is 0 Å². The summed E-state index contributed by atoms with van der Waals surface area (Å²) in [5.74, 6) is 1.11. The van der Waals surface area contributed by atoms with Crippen molar-refractivity contribution in [3.8, 4) is 5.75 Å². The number of aromatic hydroxyl groups is 1. The number of ketones is 1. The quantitative estimate of drug-likeness (QED) is 0.624. The van der Waals surface area contributed by atoms with Crippen LogP contribution in [0.1, 0.15) is 57.4 Å². The SMILES string of the molecule is C=CCN(CCCC(=O)C1CCCCC1)C(C)Cc1ccc(O)cc1. The van der Waals surface area contributed by atoms with Crippen molar-refractivity contribution in [1.29, 1.82) is 0 Å². The standard InChI is InChI=1S/C22H33NO2/c1-3-15-23(18(2)17-19-11-13-21(24)14-12-19)16-7-10-22(25)20-8-5-4-6-9-20/h3,11-14,18,20,24H,1,4-10,15-17H2,2H3. The van der Waals surface area contributed by atoms with Gasteiger partial charge in [-0.05, 0) is 56.8 Å². The molecule has 0 aromatic heterocycles. The number of carbonyl (C=O) groups excluding carboxylic acids is 1. The molecule has 0 radical (unpaired) electrons. The van der Waals surface area contributed by atoms with Crippen LogP contribution in [0.3, 0.4) is 0 Å². The Hall–Kier alpha value is -1.61. The van der Waals surface area contributed by atoms with Gasteiger partial charge in [0.25, 0.3) is 0 Å². The van der Waals surface area contributed by atoms with E-state index in [0.717, 1.165) is 38.8 Å². The summed E-state index contributed by atoms with van der Waals surface area (Å²) in [6.45, 7) is 7.88. The Bertz CT molecular complexity index is 531. The molecule has 3 nitrogen and oxygen atoms in total. The molecule has 3 heteroatoms. The van der Waals surface area contributed by atoms with Gasteiger partial charge in [0, 0.05) is 24.9 Å². The second-order valence-corrected chi connectivity index (χ2v) is 7.41. The minimum absolute atomic E-state index is 0.306. The molecule has 1 aliphatic carbocycles. The van der Waals surface area contributed by atoms with Crippen molar-refractivity contribution in [2.45, 2.75) is 64.3 Å². The maximum Gasteiger partial charge on any atom is 0.136 e. The lowest BCUT2D eigenvalue weighted by molar-refractivity contribution is -0.123. The summed E-state index contributed by atoms with van der Waals surface area (Å²) in [5.41, 5.74) is 1.22. The topological polar surface area (TPSA) is 40.5 Å². The third kappa shape index (κ3) is 6.66. The molecule has 0 bridgehead atoms. The van der Waals surface area contributed by atoms with Gasteiger partial charge in [-0.1, -0.05) is 37.5 Å². The highest BCUT2D eigenvalue weighted by Crippen LogP contribution is 2.25. The Morgan fingerprint density at radius 2 is 1.96 bits per heavy atom. The zero-order valence-electron chi connectivity index (χ0n) is 15.6. The maximum atomic E-state index is 12.4. The fourth-order valence-electron chi connectivity index (χ4n) is 3.84. The second kappa shape index (κ2) is 10.4. The smallest absolute Gasteiger partial charge is 0.136 e. The Balaban J connectivity index is 1.79. The van der Waals surface area contributed by atoms with E-state index in [-0.39, 0.29) is 0 Å². The number of carbonyl (C=O) groups is 1. The van der Waals surface area contributed by atoms with Crippen molar-refractivity contribution in [2.75, 3.05) is 13.1 Å². The molecule has 1 fully saturated rings. The average molecular weight is 344 g/mol. The molecule has 2 rings (SSSR count). The Morgan fingerprint density at radius 1 is 1.28 bits per heavy atom. The molecule has 1 aliphatic rings. The van der Waals surface area contributed by atoms with E-state index in [1.807, 2.05) is 18.2 Å². The highest BCUT2D eigenvalue weighted by atomic mass is 16.3. The normalized spacial score (nSPS) is 16.7. The number of phenols is 1. The van der Waals surface area contributed by atoms with E-state index >= 15 is 0 Å². The molecule has 1 aromatic carbocycles. The molecule has 0 spiro atoms. The molecule has 0 amide bonds. The summed E-state index contributed by atoms with van der Waals surface area (Å²) in [6, 6.07) is 7.81. The molecular formula is C22H33NO2. The van der Waals surface area contributed by atoms with Crippen LogP contribution in [0.4, 0.5) is 0 Å². The van der Waals surface area contributed by atoms with Gasteiger partial charge in [-0.25, -0.2) is 0 Å². The van der Waals surface area contributed by atoms with Crippen LogP contribution in [0, 0.1) is 5.92 Å². The first-order valence-corrected chi connectivity index (χ1v) is 9.75. The number of hydrogen-bond donors (Lipinski definition) is 1.